The number of benzene rings is 3. The zero-order chi connectivity index (χ0) is 16.7. The van der Waals surface area contributed by atoms with Crippen molar-refractivity contribution in [2.45, 2.75) is 0 Å². The molecule has 3 aromatic carbocycles. The van der Waals surface area contributed by atoms with E-state index < -0.39 is 0 Å². The fourth-order valence-electron chi connectivity index (χ4n) is 2.93. The van der Waals surface area contributed by atoms with Crippen LogP contribution in [0.1, 0.15) is 0 Å². The van der Waals surface area contributed by atoms with Gasteiger partial charge in [-0.05, 0) is 47.5 Å². The lowest BCUT2D eigenvalue weighted by Gasteiger charge is -2.07. The summed E-state index contributed by atoms with van der Waals surface area (Å²) in [7, 11) is 0. The molecule has 0 saturated carbocycles. The molecule has 0 unspecified atom stereocenters. The summed E-state index contributed by atoms with van der Waals surface area (Å²) >= 11 is 0. The molecule has 0 radical (unpaired) electrons. The Balaban J connectivity index is 1.88. The van der Waals surface area contributed by atoms with Gasteiger partial charge >= 0.3 is 0 Å². The fraction of sp³-hybridized carbons (Fsp3) is 0. The van der Waals surface area contributed by atoms with Crippen LogP contribution in [0, 0.1) is 0 Å². The summed E-state index contributed by atoms with van der Waals surface area (Å²) < 4.78 is 0. The zero-order valence-corrected chi connectivity index (χ0v) is 12.7. The van der Waals surface area contributed by atoms with Crippen LogP contribution < -0.4 is 0 Å². The first kappa shape index (κ1) is 14.2. The Morgan fingerprint density at radius 2 is 1.33 bits per heavy atom. The van der Waals surface area contributed by atoms with Gasteiger partial charge in [0.1, 0.15) is 17.2 Å². The maximum absolute atomic E-state index is 10.1. The third-order valence-corrected chi connectivity index (χ3v) is 4.15. The Morgan fingerprint density at radius 3 is 2.08 bits per heavy atom. The van der Waals surface area contributed by atoms with E-state index in [1.807, 2.05) is 36.5 Å². The second-order valence-corrected chi connectivity index (χ2v) is 5.71. The summed E-state index contributed by atoms with van der Waals surface area (Å²) in [6.07, 6.45) is 1.93. The quantitative estimate of drug-likeness (QED) is 0.436. The van der Waals surface area contributed by atoms with Gasteiger partial charge in [0.05, 0.1) is 0 Å². The van der Waals surface area contributed by atoms with Crippen molar-refractivity contribution >= 4 is 10.9 Å². The van der Waals surface area contributed by atoms with E-state index >= 15 is 0 Å². The van der Waals surface area contributed by atoms with Crippen molar-refractivity contribution in [3.05, 3.63) is 66.9 Å². The lowest BCUT2D eigenvalue weighted by atomic mass is 9.99. The van der Waals surface area contributed by atoms with Crippen LogP contribution in [-0.4, -0.2) is 20.3 Å². The van der Waals surface area contributed by atoms with Gasteiger partial charge in [-0.15, -0.1) is 0 Å². The van der Waals surface area contributed by atoms with E-state index in [0.717, 1.165) is 27.6 Å². The van der Waals surface area contributed by atoms with Crippen LogP contribution >= 0.6 is 0 Å². The summed E-state index contributed by atoms with van der Waals surface area (Å²) in [6.45, 7) is 0. The highest BCUT2D eigenvalue weighted by atomic mass is 16.3. The summed E-state index contributed by atoms with van der Waals surface area (Å²) in [4.78, 5) is 3.24. The maximum atomic E-state index is 10.1. The van der Waals surface area contributed by atoms with Crippen molar-refractivity contribution in [3.63, 3.8) is 0 Å². The molecule has 4 aromatic rings. The SMILES string of the molecule is Oc1ccc(-c2c[nH]c3ccc(-c4ccc(O)cc4O)cc23)cc1. The number of nitrogens with one attached hydrogen (secondary N) is 1. The zero-order valence-electron chi connectivity index (χ0n) is 12.7. The molecule has 1 aromatic heterocycles. The number of hydrogen-bond acceptors (Lipinski definition) is 3. The summed E-state index contributed by atoms with van der Waals surface area (Å²) in [5, 5.41) is 30.0. The van der Waals surface area contributed by atoms with Gasteiger partial charge in [-0.3, -0.25) is 0 Å². The molecule has 0 spiro atoms. The van der Waals surface area contributed by atoms with Crippen molar-refractivity contribution in [3.8, 4) is 39.5 Å². The molecule has 4 N–H and O–H groups in total. The molecule has 0 bridgehead atoms. The minimum Gasteiger partial charge on any atom is -0.508 e. The van der Waals surface area contributed by atoms with Gasteiger partial charge in [-0.1, -0.05) is 18.2 Å². The molecule has 0 fully saturated rings. The average molecular weight is 317 g/mol. The van der Waals surface area contributed by atoms with E-state index in [9.17, 15) is 15.3 Å². The number of phenolic OH excluding ortho intramolecular Hbond substituents is 3. The highest BCUT2D eigenvalue weighted by Gasteiger charge is 2.10. The van der Waals surface area contributed by atoms with E-state index in [4.69, 9.17) is 0 Å². The molecule has 4 heteroatoms. The normalized spacial score (nSPS) is 11.0. The molecule has 1 heterocycles. The maximum Gasteiger partial charge on any atom is 0.127 e. The fourth-order valence-corrected chi connectivity index (χ4v) is 2.93. The van der Waals surface area contributed by atoms with Crippen LogP contribution in [0.3, 0.4) is 0 Å². The monoisotopic (exact) mass is 317 g/mol. The number of aromatic nitrogens is 1. The minimum atomic E-state index is 0.0313. The molecule has 0 saturated heterocycles. The van der Waals surface area contributed by atoms with Crippen LogP contribution in [0.5, 0.6) is 17.2 Å². The largest absolute Gasteiger partial charge is 0.508 e. The Bertz CT molecular complexity index is 1030. The second-order valence-electron chi connectivity index (χ2n) is 5.71. The van der Waals surface area contributed by atoms with Gasteiger partial charge in [0.25, 0.3) is 0 Å². The Morgan fingerprint density at radius 1 is 0.625 bits per heavy atom. The van der Waals surface area contributed by atoms with E-state index in [-0.39, 0.29) is 17.2 Å². The standard InChI is InChI=1S/C20H15NO3/c22-14-4-1-12(2-5-14)18-11-21-19-8-3-13(9-17(18)19)16-7-6-15(23)10-20(16)24/h1-11,21-24H. The number of H-pyrrole nitrogens is 1. The first-order chi connectivity index (χ1) is 11.6. The second kappa shape index (κ2) is 5.35. The number of aromatic amines is 1. The number of hydrogen-bond donors (Lipinski definition) is 4. The molecule has 0 amide bonds. The molecular weight excluding hydrogens is 302 g/mol. The van der Waals surface area contributed by atoms with Gasteiger partial charge < -0.3 is 20.3 Å². The first-order valence-corrected chi connectivity index (χ1v) is 7.55. The Labute approximate surface area is 138 Å². The van der Waals surface area contributed by atoms with Crippen molar-refractivity contribution < 1.29 is 15.3 Å². The third kappa shape index (κ3) is 2.34. The van der Waals surface area contributed by atoms with E-state index in [1.54, 1.807) is 24.3 Å². The number of rotatable bonds is 2. The highest BCUT2D eigenvalue weighted by Crippen LogP contribution is 2.36. The van der Waals surface area contributed by atoms with Crippen LogP contribution in [0.4, 0.5) is 0 Å². The molecular formula is C20H15NO3. The molecule has 4 nitrogen and oxygen atoms in total. The highest BCUT2D eigenvalue weighted by molar-refractivity contribution is 5.98. The lowest BCUT2D eigenvalue weighted by molar-refractivity contribution is 0.452. The Kier molecular flexibility index (Phi) is 3.17. The summed E-state index contributed by atoms with van der Waals surface area (Å²) in [6, 6.07) is 17.5. The number of aromatic hydroxyl groups is 3. The van der Waals surface area contributed by atoms with Crippen molar-refractivity contribution in [1.82, 2.24) is 4.98 Å². The first-order valence-electron chi connectivity index (χ1n) is 7.55. The predicted octanol–water partition coefficient (Wildman–Crippen LogP) is 4.62. The molecule has 0 aliphatic heterocycles. The predicted molar refractivity (Wildman–Crippen MR) is 94.2 cm³/mol. The van der Waals surface area contributed by atoms with Gasteiger partial charge in [-0.2, -0.15) is 0 Å². The average Bonchev–Trinajstić information content (AvgIpc) is 2.99. The number of fused-ring (bicyclic) bond motifs is 1. The molecule has 0 atom stereocenters. The topological polar surface area (TPSA) is 76.5 Å². The third-order valence-electron chi connectivity index (χ3n) is 4.15. The van der Waals surface area contributed by atoms with Gasteiger partial charge in [0.15, 0.2) is 0 Å². The van der Waals surface area contributed by atoms with Crippen molar-refractivity contribution in [2.75, 3.05) is 0 Å². The molecule has 4 rings (SSSR count). The molecule has 0 aliphatic carbocycles. The number of phenols is 3. The molecule has 118 valence electrons. The van der Waals surface area contributed by atoms with Gasteiger partial charge in [-0.25, -0.2) is 0 Å². The summed E-state index contributed by atoms with van der Waals surface area (Å²) in [5.41, 5.74) is 4.52. The lowest BCUT2D eigenvalue weighted by Crippen LogP contribution is -1.81. The van der Waals surface area contributed by atoms with E-state index in [0.29, 0.717) is 5.56 Å². The molecule has 24 heavy (non-hydrogen) atoms. The van der Waals surface area contributed by atoms with Crippen molar-refractivity contribution in [1.29, 1.82) is 0 Å². The van der Waals surface area contributed by atoms with Crippen molar-refractivity contribution in [2.24, 2.45) is 0 Å². The van der Waals surface area contributed by atoms with Crippen LogP contribution in [-0.2, 0) is 0 Å². The smallest absolute Gasteiger partial charge is 0.127 e. The van der Waals surface area contributed by atoms with Crippen LogP contribution in [0.2, 0.25) is 0 Å². The van der Waals surface area contributed by atoms with E-state index in [2.05, 4.69) is 4.98 Å². The van der Waals surface area contributed by atoms with Gasteiger partial charge in [0, 0.05) is 34.3 Å². The Hall–Kier alpha value is -3.40. The molecule has 0 aliphatic rings. The van der Waals surface area contributed by atoms with E-state index in [1.165, 1.54) is 6.07 Å². The van der Waals surface area contributed by atoms with Crippen LogP contribution in [0.25, 0.3) is 33.2 Å². The minimum absolute atomic E-state index is 0.0313. The van der Waals surface area contributed by atoms with Crippen LogP contribution in [0.15, 0.2) is 66.9 Å². The van der Waals surface area contributed by atoms with Gasteiger partial charge in [0.2, 0.25) is 0 Å². The summed E-state index contributed by atoms with van der Waals surface area (Å²) in [5.74, 6) is 0.299.